The molecule has 0 saturated carbocycles. The zero-order valence-electron chi connectivity index (χ0n) is 10.8. The molecule has 0 aliphatic heterocycles. The van der Waals surface area contributed by atoms with Gasteiger partial charge in [0.25, 0.3) is 0 Å². The molecule has 2 unspecified atom stereocenters. The van der Waals surface area contributed by atoms with Crippen molar-refractivity contribution in [2.24, 2.45) is 0 Å². The van der Waals surface area contributed by atoms with Crippen molar-refractivity contribution in [2.45, 2.75) is 19.1 Å². The van der Waals surface area contributed by atoms with E-state index in [1.54, 1.807) is 0 Å². The molecule has 0 spiro atoms. The van der Waals surface area contributed by atoms with E-state index in [1.807, 2.05) is 6.07 Å². The molecule has 0 aliphatic carbocycles. The minimum atomic E-state index is -1.21. The highest BCUT2D eigenvalue weighted by atomic mass is 16.5. The van der Waals surface area contributed by atoms with Crippen LogP contribution in [0.3, 0.4) is 0 Å². The first-order valence-electron chi connectivity index (χ1n) is 5.68. The number of aliphatic hydroxyl groups is 2. The Morgan fingerprint density at radius 1 is 1.53 bits per heavy atom. The van der Waals surface area contributed by atoms with Crippen molar-refractivity contribution in [1.82, 2.24) is 5.32 Å². The van der Waals surface area contributed by atoms with Gasteiger partial charge in [-0.05, 0) is 12.1 Å². The number of carbonyl (C=O) groups is 1. The highest BCUT2D eigenvalue weighted by Gasteiger charge is 2.22. The van der Waals surface area contributed by atoms with Crippen molar-refractivity contribution in [3.8, 4) is 11.8 Å². The number of amides is 1. The number of ether oxygens (including phenoxy) is 1. The first-order chi connectivity index (χ1) is 8.99. The molecular weight excluding hydrogens is 248 g/mol. The summed E-state index contributed by atoms with van der Waals surface area (Å²) in [6.45, 7) is 1.25. The zero-order chi connectivity index (χ0) is 14.4. The molecule has 19 heavy (non-hydrogen) atoms. The number of methoxy groups -OCH3 is 1. The van der Waals surface area contributed by atoms with Gasteiger partial charge in [0.1, 0.15) is 18.0 Å². The van der Waals surface area contributed by atoms with Gasteiger partial charge >= 0.3 is 0 Å². The van der Waals surface area contributed by atoms with Crippen molar-refractivity contribution in [2.75, 3.05) is 13.7 Å². The lowest BCUT2D eigenvalue weighted by molar-refractivity contribution is -0.119. The molecule has 102 valence electrons. The Kier molecular flexibility index (Phi) is 5.30. The van der Waals surface area contributed by atoms with Crippen molar-refractivity contribution < 1.29 is 19.7 Å². The summed E-state index contributed by atoms with van der Waals surface area (Å²) in [6.07, 6.45) is -2.37. The Bertz CT molecular complexity index is 496. The predicted octanol–water partition coefficient (Wildman–Crippen LogP) is 0.0973. The van der Waals surface area contributed by atoms with E-state index in [4.69, 9.17) is 10.00 Å². The van der Waals surface area contributed by atoms with E-state index in [-0.39, 0.29) is 12.5 Å². The van der Waals surface area contributed by atoms with Gasteiger partial charge < -0.3 is 20.3 Å². The van der Waals surface area contributed by atoms with Gasteiger partial charge in [-0.25, -0.2) is 0 Å². The molecule has 0 bridgehead atoms. The molecule has 0 radical (unpaired) electrons. The van der Waals surface area contributed by atoms with Gasteiger partial charge in [-0.3, -0.25) is 4.79 Å². The molecule has 1 aromatic carbocycles. The average Bonchev–Trinajstić information content (AvgIpc) is 2.42. The molecule has 1 rings (SSSR count). The number of nitriles is 1. The minimum Gasteiger partial charge on any atom is -0.496 e. The molecule has 0 saturated heterocycles. The van der Waals surface area contributed by atoms with Crippen LogP contribution in [0.15, 0.2) is 18.2 Å². The monoisotopic (exact) mass is 264 g/mol. The van der Waals surface area contributed by atoms with E-state index in [2.05, 4.69) is 5.32 Å². The van der Waals surface area contributed by atoms with Crippen LogP contribution in [-0.2, 0) is 4.79 Å². The quantitative estimate of drug-likeness (QED) is 0.699. The second-order valence-corrected chi connectivity index (χ2v) is 4.02. The van der Waals surface area contributed by atoms with Gasteiger partial charge in [-0.2, -0.15) is 5.26 Å². The van der Waals surface area contributed by atoms with E-state index >= 15 is 0 Å². The maximum Gasteiger partial charge on any atom is 0.216 e. The lowest BCUT2D eigenvalue weighted by atomic mass is 10.0. The van der Waals surface area contributed by atoms with Crippen LogP contribution in [-0.4, -0.2) is 35.9 Å². The van der Waals surface area contributed by atoms with Crippen molar-refractivity contribution in [1.29, 1.82) is 5.26 Å². The third-order valence-corrected chi connectivity index (χ3v) is 2.61. The molecular formula is C13H16N2O4. The highest BCUT2D eigenvalue weighted by Crippen LogP contribution is 2.28. The largest absolute Gasteiger partial charge is 0.496 e. The van der Waals surface area contributed by atoms with Gasteiger partial charge in [-0.1, -0.05) is 6.07 Å². The maximum atomic E-state index is 10.7. The normalized spacial score (nSPS) is 13.2. The van der Waals surface area contributed by atoms with Gasteiger partial charge in [0.15, 0.2) is 0 Å². The fraction of sp³-hybridized carbons (Fsp3) is 0.385. The van der Waals surface area contributed by atoms with Crippen molar-refractivity contribution in [3.63, 3.8) is 0 Å². The number of nitrogens with one attached hydrogen (secondary N) is 1. The number of rotatable bonds is 5. The SMILES string of the molecule is COc1cc(C#N)ccc1C(O)C(O)CNC(C)=O. The van der Waals surface area contributed by atoms with Crippen LogP contribution >= 0.6 is 0 Å². The van der Waals surface area contributed by atoms with Gasteiger partial charge in [0, 0.05) is 19.0 Å². The Morgan fingerprint density at radius 3 is 2.74 bits per heavy atom. The number of nitrogens with zero attached hydrogens (tertiary/aromatic N) is 1. The lowest BCUT2D eigenvalue weighted by Crippen LogP contribution is -2.34. The van der Waals surface area contributed by atoms with E-state index < -0.39 is 12.2 Å². The first kappa shape index (κ1) is 15.0. The number of aliphatic hydroxyl groups excluding tert-OH is 2. The second-order valence-electron chi connectivity index (χ2n) is 4.02. The van der Waals surface area contributed by atoms with E-state index in [9.17, 15) is 15.0 Å². The van der Waals surface area contributed by atoms with Gasteiger partial charge in [0.05, 0.1) is 18.7 Å². The Morgan fingerprint density at radius 2 is 2.21 bits per heavy atom. The molecule has 1 amide bonds. The maximum absolute atomic E-state index is 10.7. The molecule has 0 fully saturated rings. The van der Waals surface area contributed by atoms with Crippen molar-refractivity contribution in [3.05, 3.63) is 29.3 Å². The summed E-state index contributed by atoms with van der Waals surface area (Å²) in [4.78, 5) is 10.7. The Labute approximate surface area is 111 Å². The molecule has 0 aromatic heterocycles. The Hall–Kier alpha value is -2.10. The summed E-state index contributed by atoms with van der Waals surface area (Å²) in [5.74, 6) is 0.0199. The molecule has 3 N–H and O–H groups in total. The smallest absolute Gasteiger partial charge is 0.216 e. The van der Waals surface area contributed by atoms with Crippen LogP contribution in [0.2, 0.25) is 0 Å². The Balaban J connectivity index is 2.89. The molecule has 6 heteroatoms. The second kappa shape index (κ2) is 6.73. The number of hydrogen-bond acceptors (Lipinski definition) is 5. The molecule has 0 aliphatic rings. The van der Waals surface area contributed by atoms with E-state index in [0.717, 1.165) is 0 Å². The first-order valence-corrected chi connectivity index (χ1v) is 5.68. The molecule has 6 nitrogen and oxygen atoms in total. The summed E-state index contributed by atoms with van der Waals surface area (Å²) in [5.41, 5.74) is 0.753. The molecule has 1 aromatic rings. The number of benzene rings is 1. The highest BCUT2D eigenvalue weighted by molar-refractivity contribution is 5.72. The molecule has 2 atom stereocenters. The van der Waals surface area contributed by atoms with Crippen molar-refractivity contribution >= 4 is 5.91 Å². The minimum absolute atomic E-state index is 0.0698. The topological polar surface area (TPSA) is 103 Å². The third kappa shape index (κ3) is 3.95. The van der Waals surface area contributed by atoms with E-state index in [0.29, 0.717) is 16.9 Å². The summed E-state index contributed by atoms with van der Waals surface area (Å²) in [5, 5.41) is 31.0. The van der Waals surface area contributed by atoms with Crippen LogP contribution in [0.1, 0.15) is 24.2 Å². The predicted molar refractivity (Wildman–Crippen MR) is 67.4 cm³/mol. The third-order valence-electron chi connectivity index (χ3n) is 2.61. The van der Waals surface area contributed by atoms with Gasteiger partial charge in [-0.15, -0.1) is 0 Å². The number of carbonyl (C=O) groups excluding carboxylic acids is 1. The van der Waals surface area contributed by atoms with Crippen LogP contribution in [0, 0.1) is 11.3 Å². The fourth-order valence-electron chi connectivity index (χ4n) is 1.59. The fourth-order valence-corrected chi connectivity index (χ4v) is 1.59. The van der Waals surface area contributed by atoms with Crippen LogP contribution in [0.4, 0.5) is 0 Å². The lowest BCUT2D eigenvalue weighted by Gasteiger charge is -2.20. The van der Waals surface area contributed by atoms with Crippen LogP contribution in [0.5, 0.6) is 5.75 Å². The summed E-state index contributed by atoms with van der Waals surface area (Å²) >= 11 is 0. The molecule has 0 heterocycles. The number of hydrogen-bond donors (Lipinski definition) is 3. The standard InChI is InChI=1S/C13H16N2O4/c1-8(16)15-7-11(17)13(18)10-4-3-9(6-14)5-12(10)19-2/h3-5,11,13,17-18H,7H2,1-2H3,(H,15,16). The summed E-state index contributed by atoms with van der Waals surface area (Å²) < 4.78 is 5.08. The van der Waals surface area contributed by atoms with Crippen LogP contribution < -0.4 is 10.1 Å². The van der Waals surface area contributed by atoms with E-state index in [1.165, 1.54) is 32.2 Å². The summed E-state index contributed by atoms with van der Waals surface area (Å²) in [7, 11) is 1.41. The summed E-state index contributed by atoms with van der Waals surface area (Å²) in [6, 6.07) is 6.46. The zero-order valence-corrected chi connectivity index (χ0v) is 10.8. The average molecular weight is 264 g/mol. The van der Waals surface area contributed by atoms with Gasteiger partial charge in [0.2, 0.25) is 5.91 Å². The van der Waals surface area contributed by atoms with Crippen LogP contribution in [0.25, 0.3) is 0 Å².